The number of aliphatic hydroxyl groups is 1. The maximum Gasteiger partial charge on any atom is 0.245 e. The third-order valence-electron chi connectivity index (χ3n) is 8.54. The van der Waals surface area contributed by atoms with E-state index in [0.29, 0.717) is 45.6 Å². The summed E-state index contributed by atoms with van der Waals surface area (Å²) >= 11 is 0. The molecule has 192 valence electrons. The first kappa shape index (κ1) is 25.3. The van der Waals surface area contributed by atoms with Crippen LogP contribution < -0.4 is 10.6 Å². The Kier molecular flexibility index (Phi) is 7.24. The van der Waals surface area contributed by atoms with Crippen molar-refractivity contribution < 1.29 is 29.0 Å². The van der Waals surface area contributed by atoms with Crippen molar-refractivity contribution >= 4 is 17.7 Å². The fraction of sp³-hybridized carbons (Fsp3) is 0.875. The van der Waals surface area contributed by atoms with E-state index < -0.39 is 35.1 Å². The Balaban J connectivity index is 1.64. The number of ether oxygens (including phenoxy) is 2. The van der Waals surface area contributed by atoms with E-state index in [2.05, 4.69) is 15.5 Å². The SMILES string of the molecule is CC[C@@]12CCC3(O1)C(C(=O)NCCN1CCOCC1)N([C@@H](CO)C(C)C)C(=O)[C@@H]3[C@@H]2C(=O)NC. The molecule has 0 aromatic rings. The molecule has 3 N–H and O–H groups in total. The number of nitrogens with one attached hydrogen (secondary N) is 2. The minimum Gasteiger partial charge on any atom is -0.394 e. The summed E-state index contributed by atoms with van der Waals surface area (Å²) in [6.07, 6.45) is 1.76. The lowest BCUT2D eigenvalue weighted by molar-refractivity contribution is -0.152. The average Bonchev–Trinajstić information content (AvgIpc) is 3.43. The normalized spacial score (nSPS) is 36.1. The van der Waals surface area contributed by atoms with E-state index >= 15 is 0 Å². The van der Waals surface area contributed by atoms with Gasteiger partial charge in [-0.05, 0) is 25.2 Å². The molecule has 4 fully saturated rings. The maximum atomic E-state index is 14.0. The molecule has 2 unspecified atom stereocenters. The molecule has 0 aromatic carbocycles. The molecule has 10 heteroatoms. The van der Waals surface area contributed by atoms with Crippen molar-refractivity contribution in [2.24, 2.45) is 17.8 Å². The van der Waals surface area contributed by atoms with E-state index in [1.165, 1.54) is 0 Å². The van der Waals surface area contributed by atoms with Crippen molar-refractivity contribution in [2.45, 2.75) is 63.3 Å². The second kappa shape index (κ2) is 9.72. The summed E-state index contributed by atoms with van der Waals surface area (Å²) in [7, 11) is 1.57. The topological polar surface area (TPSA) is 120 Å². The Morgan fingerprint density at radius 1 is 1.21 bits per heavy atom. The van der Waals surface area contributed by atoms with Gasteiger partial charge in [-0.3, -0.25) is 19.3 Å². The number of carbonyl (C=O) groups excluding carboxylic acids is 3. The van der Waals surface area contributed by atoms with Crippen LogP contribution in [0.1, 0.15) is 40.0 Å². The summed E-state index contributed by atoms with van der Waals surface area (Å²) in [6, 6.07) is -1.41. The van der Waals surface area contributed by atoms with Crippen molar-refractivity contribution in [3.8, 4) is 0 Å². The molecule has 10 nitrogen and oxygen atoms in total. The summed E-state index contributed by atoms with van der Waals surface area (Å²) in [5.41, 5.74) is -1.80. The fourth-order valence-corrected chi connectivity index (χ4v) is 6.75. The van der Waals surface area contributed by atoms with Crippen molar-refractivity contribution in [3.63, 3.8) is 0 Å². The molecule has 0 aliphatic carbocycles. The molecule has 6 atom stereocenters. The smallest absolute Gasteiger partial charge is 0.245 e. The Bertz CT molecular complexity index is 802. The van der Waals surface area contributed by atoms with Crippen LogP contribution in [0, 0.1) is 17.8 Å². The zero-order valence-corrected chi connectivity index (χ0v) is 20.8. The van der Waals surface area contributed by atoms with E-state index in [0.717, 1.165) is 13.1 Å². The van der Waals surface area contributed by atoms with Crippen molar-refractivity contribution in [3.05, 3.63) is 0 Å². The number of nitrogens with zero attached hydrogens (tertiary/aromatic N) is 2. The van der Waals surface area contributed by atoms with Crippen LogP contribution >= 0.6 is 0 Å². The Hall–Kier alpha value is -1.75. The molecule has 0 aromatic heterocycles. The van der Waals surface area contributed by atoms with Crippen molar-refractivity contribution in [1.82, 2.24) is 20.4 Å². The highest BCUT2D eigenvalue weighted by Crippen LogP contribution is 2.64. The number of hydrogen-bond donors (Lipinski definition) is 3. The number of fused-ring (bicyclic) bond motifs is 1. The minimum absolute atomic E-state index is 0.0661. The van der Waals surface area contributed by atoms with E-state index in [4.69, 9.17) is 9.47 Å². The van der Waals surface area contributed by atoms with E-state index in [-0.39, 0.29) is 30.2 Å². The van der Waals surface area contributed by atoms with E-state index in [1.807, 2.05) is 20.8 Å². The number of rotatable bonds is 9. The number of hydrogen-bond acceptors (Lipinski definition) is 7. The first-order valence-corrected chi connectivity index (χ1v) is 12.7. The molecular weight excluding hydrogens is 440 g/mol. The van der Waals surface area contributed by atoms with Gasteiger partial charge in [0.15, 0.2) is 0 Å². The Labute approximate surface area is 201 Å². The molecule has 4 aliphatic rings. The van der Waals surface area contributed by atoms with Crippen LogP contribution in [-0.4, -0.2) is 109 Å². The predicted octanol–water partition coefficient (Wildman–Crippen LogP) is -0.647. The maximum absolute atomic E-state index is 14.0. The van der Waals surface area contributed by atoms with Gasteiger partial charge in [-0.25, -0.2) is 0 Å². The van der Waals surface area contributed by atoms with Gasteiger partial charge in [0.2, 0.25) is 17.7 Å². The third-order valence-corrected chi connectivity index (χ3v) is 8.54. The summed E-state index contributed by atoms with van der Waals surface area (Å²) in [5, 5.41) is 16.0. The van der Waals surface area contributed by atoms with Gasteiger partial charge in [0, 0.05) is 33.2 Å². The quantitative estimate of drug-likeness (QED) is 0.401. The molecular formula is C24H40N4O6. The van der Waals surface area contributed by atoms with Gasteiger partial charge >= 0.3 is 0 Å². The van der Waals surface area contributed by atoms with Gasteiger partial charge in [0.05, 0.1) is 43.3 Å². The van der Waals surface area contributed by atoms with Crippen molar-refractivity contribution in [1.29, 1.82) is 0 Å². The number of aliphatic hydroxyl groups excluding tert-OH is 1. The molecule has 2 bridgehead atoms. The Morgan fingerprint density at radius 3 is 2.50 bits per heavy atom. The van der Waals surface area contributed by atoms with Gasteiger partial charge in [-0.1, -0.05) is 20.8 Å². The Morgan fingerprint density at radius 2 is 1.91 bits per heavy atom. The monoisotopic (exact) mass is 480 g/mol. The number of carbonyl (C=O) groups is 3. The second-order valence-corrected chi connectivity index (χ2v) is 10.4. The summed E-state index contributed by atoms with van der Waals surface area (Å²) in [4.78, 5) is 44.5. The van der Waals surface area contributed by atoms with Gasteiger partial charge in [-0.2, -0.15) is 0 Å². The zero-order chi connectivity index (χ0) is 24.7. The predicted molar refractivity (Wildman–Crippen MR) is 124 cm³/mol. The summed E-state index contributed by atoms with van der Waals surface area (Å²) < 4.78 is 12.1. The van der Waals surface area contributed by atoms with Gasteiger partial charge < -0.3 is 30.1 Å². The van der Waals surface area contributed by atoms with Gasteiger partial charge in [0.25, 0.3) is 0 Å². The number of morpholine rings is 1. The van der Waals surface area contributed by atoms with Crippen LogP contribution in [-0.2, 0) is 23.9 Å². The number of amides is 3. The highest BCUT2D eigenvalue weighted by Gasteiger charge is 2.79. The highest BCUT2D eigenvalue weighted by molar-refractivity contribution is 5.99. The molecule has 0 saturated carbocycles. The number of likely N-dealkylation sites (tertiary alicyclic amines) is 1. The summed E-state index contributed by atoms with van der Waals surface area (Å²) in [6.45, 7) is 9.73. The molecule has 4 rings (SSSR count). The first-order chi connectivity index (χ1) is 16.3. The van der Waals surface area contributed by atoms with Crippen LogP contribution in [0.2, 0.25) is 0 Å². The van der Waals surface area contributed by atoms with Gasteiger partial charge in [-0.15, -0.1) is 0 Å². The molecule has 1 spiro atoms. The molecule has 4 heterocycles. The van der Waals surface area contributed by atoms with E-state index in [1.54, 1.807) is 11.9 Å². The van der Waals surface area contributed by atoms with E-state index in [9.17, 15) is 19.5 Å². The minimum atomic E-state index is -1.06. The lowest BCUT2D eigenvalue weighted by Crippen LogP contribution is -2.59. The average molecular weight is 481 g/mol. The fourth-order valence-electron chi connectivity index (χ4n) is 6.75. The lowest BCUT2D eigenvalue weighted by Gasteiger charge is -2.39. The molecule has 3 amide bonds. The summed E-state index contributed by atoms with van der Waals surface area (Å²) in [5.74, 6) is -2.20. The van der Waals surface area contributed by atoms with Crippen LogP contribution in [0.3, 0.4) is 0 Å². The highest BCUT2D eigenvalue weighted by atomic mass is 16.5. The zero-order valence-electron chi connectivity index (χ0n) is 20.8. The lowest BCUT2D eigenvalue weighted by atomic mass is 9.65. The third kappa shape index (κ3) is 3.83. The van der Waals surface area contributed by atoms with Crippen LogP contribution in [0.4, 0.5) is 0 Å². The first-order valence-electron chi connectivity index (χ1n) is 12.7. The molecule has 0 radical (unpaired) electrons. The van der Waals surface area contributed by atoms with Crippen LogP contribution in [0.25, 0.3) is 0 Å². The molecule has 34 heavy (non-hydrogen) atoms. The molecule has 4 saturated heterocycles. The second-order valence-electron chi connectivity index (χ2n) is 10.4. The van der Waals surface area contributed by atoms with Gasteiger partial charge in [0.1, 0.15) is 11.6 Å². The largest absolute Gasteiger partial charge is 0.394 e. The standard InChI is InChI=1S/C24H40N4O6/c1-5-23-6-7-24(34-23)18(17(23)20(30)25-4)22(32)28(16(14-29)15(2)3)19(24)21(31)26-8-9-27-10-12-33-13-11-27/h15-19,29H,5-14H2,1-4H3,(H,25,30)(H,26,31)/t16-,17+,18-,19?,23-,24?/m0/s1. The molecule has 4 aliphatic heterocycles. The van der Waals surface area contributed by atoms with Crippen molar-refractivity contribution in [2.75, 3.05) is 53.0 Å². The van der Waals surface area contributed by atoms with Crippen LogP contribution in [0.15, 0.2) is 0 Å². The van der Waals surface area contributed by atoms with Crippen LogP contribution in [0.5, 0.6) is 0 Å².